The van der Waals surface area contributed by atoms with Gasteiger partial charge in [0.1, 0.15) is 0 Å². The molecule has 0 bridgehead atoms. The van der Waals surface area contributed by atoms with Crippen LogP contribution in [0.3, 0.4) is 0 Å². The van der Waals surface area contributed by atoms with E-state index in [0.29, 0.717) is 23.6 Å². The predicted octanol–water partition coefficient (Wildman–Crippen LogP) is 1.18. The fourth-order valence-electron chi connectivity index (χ4n) is 2.39. The summed E-state index contributed by atoms with van der Waals surface area (Å²) in [6.45, 7) is 0.0649. The van der Waals surface area contributed by atoms with E-state index in [1.807, 2.05) is 0 Å². The second kappa shape index (κ2) is 9.33. The summed E-state index contributed by atoms with van der Waals surface area (Å²) in [5, 5.41) is 2.71. The van der Waals surface area contributed by atoms with Crippen molar-refractivity contribution in [2.75, 3.05) is 27.0 Å². The molecule has 0 saturated carbocycles. The summed E-state index contributed by atoms with van der Waals surface area (Å²) in [7, 11) is -0.562. The quantitative estimate of drug-likeness (QED) is 0.687. The van der Waals surface area contributed by atoms with Crippen LogP contribution in [0.2, 0.25) is 0 Å². The van der Waals surface area contributed by atoms with Crippen LogP contribution in [0, 0.1) is 0 Å². The van der Waals surface area contributed by atoms with Crippen molar-refractivity contribution in [3.63, 3.8) is 0 Å². The Balaban J connectivity index is 2.06. The summed E-state index contributed by atoms with van der Waals surface area (Å²) < 4.78 is 35.7. The Morgan fingerprint density at radius 3 is 2.33 bits per heavy atom. The Hall–Kier alpha value is -2.65. The minimum absolute atomic E-state index is 0.0435. The van der Waals surface area contributed by atoms with E-state index < -0.39 is 15.9 Å². The molecule has 146 valence electrons. The number of hydrogen-bond donors (Lipinski definition) is 1. The van der Waals surface area contributed by atoms with Crippen molar-refractivity contribution in [2.24, 2.45) is 0 Å². The Morgan fingerprint density at radius 2 is 1.74 bits per heavy atom. The minimum Gasteiger partial charge on any atom is -0.493 e. The maximum Gasteiger partial charge on any atom is 0.235 e. The Labute approximate surface area is 159 Å². The smallest absolute Gasteiger partial charge is 0.235 e. The van der Waals surface area contributed by atoms with Gasteiger partial charge >= 0.3 is 0 Å². The number of pyridine rings is 1. The molecule has 0 unspecified atom stereocenters. The molecule has 0 aliphatic heterocycles. The molecular weight excluding hydrogens is 370 g/mol. The maximum absolute atomic E-state index is 12.2. The van der Waals surface area contributed by atoms with Crippen molar-refractivity contribution >= 4 is 15.9 Å². The van der Waals surface area contributed by atoms with Crippen LogP contribution < -0.4 is 14.8 Å². The van der Waals surface area contributed by atoms with Gasteiger partial charge in [0.2, 0.25) is 15.9 Å². The highest BCUT2D eigenvalue weighted by Crippen LogP contribution is 2.28. The molecule has 0 aliphatic carbocycles. The van der Waals surface area contributed by atoms with E-state index in [1.165, 1.54) is 14.2 Å². The van der Waals surface area contributed by atoms with Gasteiger partial charge in [0.05, 0.1) is 27.0 Å². The molecule has 1 N–H and O–H groups in total. The lowest BCUT2D eigenvalue weighted by Crippen LogP contribution is -2.39. The van der Waals surface area contributed by atoms with Gasteiger partial charge in [-0.1, -0.05) is 6.07 Å². The summed E-state index contributed by atoms with van der Waals surface area (Å²) in [5.74, 6) is 0.644. The first-order valence-corrected chi connectivity index (χ1v) is 10.00. The maximum atomic E-state index is 12.2. The van der Waals surface area contributed by atoms with Crippen LogP contribution in [0.5, 0.6) is 11.5 Å². The lowest BCUT2D eigenvalue weighted by Gasteiger charge is -2.20. The van der Waals surface area contributed by atoms with Crippen molar-refractivity contribution in [2.45, 2.75) is 13.1 Å². The number of methoxy groups -OCH3 is 2. The minimum atomic E-state index is -3.59. The molecule has 0 aliphatic rings. The average molecular weight is 393 g/mol. The topological polar surface area (TPSA) is 97.8 Å². The first-order chi connectivity index (χ1) is 12.8. The van der Waals surface area contributed by atoms with E-state index in [0.717, 1.165) is 16.1 Å². The number of amides is 1. The molecule has 1 amide bonds. The number of carbonyl (C=O) groups excluding carboxylic acids is 1. The van der Waals surface area contributed by atoms with Gasteiger partial charge in [0, 0.05) is 25.5 Å². The van der Waals surface area contributed by atoms with Crippen LogP contribution >= 0.6 is 0 Å². The van der Waals surface area contributed by atoms with E-state index in [2.05, 4.69) is 10.3 Å². The third kappa shape index (κ3) is 6.22. The van der Waals surface area contributed by atoms with E-state index in [4.69, 9.17) is 9.47 Å². The second-order valence-corrected chi connectivity index (χ2v) is 7.84. The van der Waals surface area contributed by atoms with Crippen LogP contribution in [0.25, 0.3) is 0 Å². The van der Waals surface area contributed by atoms with Crippen LogP contribution in [-0.4, -0.2) is 50.6 Å². The number of rotatable bonds is 9. The number of nitrogens with one attached hydrogen (secondary N) is 1. The van der Waals surface area contributed by atoms with E-state index >= 15 is 0 Å². The third-order valence-corrected chi connectivity index (χ3v) is 5.03. The zero-order valence-electron chi connectivity index (χ0n) is 15.5. The van der Waals surface area contributed by atoms with Crippen molar-refractivity contribution < 1.29 is 22.7 Å². The molecule has 2 rings (SSSR count). The van der Waals surface area contributed by atoms with Crippen molar-refractivity contribution in [3.8, 4) is 11.5 Å². The summed E-state index contributed by atoms with van der Waals surface area (Å²) in [5.41, 5.74) is 1.56. The van der Waals surface area contributed by atoms with E-state index in [9.17, 15) is 13.2 Å². The molecule has 0 fully saturated rings. The molecule has 0 atom stereocenters. The lowest BCUT2D eigenvalue weighted by molar-refractivity contribution is -0.121. The average Bonchev–Trinajstić information content (AvgIpc) is 2.65. The number of nitrogens with zero attached hydrogens (tertiary/aromatic N) is 2. The highest BCUT2D eigenvalue weighted by Gasteiger charge is 2.21. The van der Waals surface area contributed by atoms with Crippen LogP contribution in [0.1, 0.15) is 11.1 Å². The molecule has 0 radical (unpaired) electrons. The lowest BCUT2D eigenvalue weighted by atomic mass is 10.2. The molecule has 1 aromatic carbocycles. The summed E-state index contributed by atoms with van der Waals surface area (Å²) in [6, 6.07) is 8.66. The van der Waals surface area contributed by atoms with Gasteiger partial charge in [-0.3, -0.25) is 9.78 Å². The van der Waals surface area contributed by atoms with E-state index in [1.54, 1.807) is 42.7 Å². The van der Waals surface area contributed by atoms with Gasteiger partial charge in [0.15, 0.2) is 11.5 Å². The largest absolute Gasteiger partial charge is 0.493 e. The van der Waals surface area contributed by atoms with Gasteiger partial charge in [-0.2, -0.15) is 4.31 Å². The predicted molar refractivity (Wildman–Crippen MR) is 101 cm³/mol. The van der Waals surface area contributed by atoms with Gasteiger partial charge < -0.3 is 14.8 Å². The SMILES string of the molecule is COc1ccc(CN(CC(=O)NCc2ccncc2)S(C)(=O)=O)cc1OC. The number of carbonyl (C=O) groups is 1. The zero-order valence-corrected chi connectivity index (χ0v) is 16.3. The molecular formula is C18H23N3O5S. The molecule has 2 aromatic rings. The standard InChI is InChI=1S/C18H23N3O5S/c1-25-16-5-4-15(10-17(16)26-2)12-21(27(3,23)24)13-18(22)20-11-14-6-8-19-9-7-14/h4-10H,11-13H2,1-3H3,(H,20,22). The molecule has 0 saturated heterocycles. The molecule has 27 heavy (non-hydrogen) atoms. The van der Waals surface area contributed by atoms with Crippen molar-refractivity contribution in [1.82, 2.24) is 14.6 Å². The third-order valence-electron chi connectivity index (χ3n) is 3.83. The molecule has 9 heteroatoms. The Bertz CT molecular complexity index is 872. The van der Waals surface area contributed by atoms with Gasteiger partial charge in [-0.25, -0.2) is 8.42 Å². The van der Waals surface area contributed by atoms with Crippen LogP contribution in [0.15, 0.2) is 42.7 Å². The second-order valence-electron chi connectivity index (χ2n) is 5.85. The number of benzene rings is 1. The summed E-state index contributed by atoms with van der Waals surface area (Å²) in [4.78, 5) is 16.1. The summed E-state index contributed by atoms with van der Waals surface area (Å²) >= 11 is 0. The van der Waals surface area contributed by atoms with Crippen molar-refractivity contribution in [1.29, 1.82) is 0 Å². The first-order valence-electron chi connectivity index (χ1n) is 8.15. The highest BCUT2D eigenvalue weighted by molar-refractivity contribution is 7.88. The number of aromatic nitrogens is 1. The van der Waals surface area contributed by atoms with Gasteiger partial charge in [-0.15, -0.1) is 0 Å². The normalized spacial score (nSPS) is 11.3. The fourth-order valence-corrected chi connectivity index (χ4v) is 3.13. The first kappa shape index (κ1) is 20.7. The molecule has 1 heterocycles. The molecule has 8 nitrogen and oxygen atoms in total. The highest BCUT2D eigenvalue weighted by atomic mass is 32.2. The van der Waals surface area contributed by atoms with Crippen LogP contribution in [0.4, 0.5) is 0 Å². The van der Waals surface area contributed by atoms with Gasteiger partial charge in [-0.05, 0) is 35.4 Å². The van der Waals surface area contributed by atoms with Gasteiger partial charge in [0.25, 0.3) is 0 Å². The molecule has 0 spiro atoms. The number of sulfonamides is 1. The molecule has 1 aromatic heterocycles. The van der Waals surface area contributed by atoms with Crippen molar-refractivity contribution in [3.05, 3.63) is 53.9 Å². The fraction of sp³-hybridized carbons (Fsp3) is 0.333. The zero-order chi connectivity index (χ0) is 19.9. The van der Waals surface area contributed by atoms with Crippen LogP contribution in [-0.2, 0) is 27.9 Å². The van der Waals surface area contributed by atoms with E-state index in [-0.39, 0.29) is 13.1 Å². The number of hydrogen-bond acceptors (Lipinski definition) is 6. The Kier molecular flexibility index (Phi) is 7.14. The monoisotopic (exact) mass is 393 g/mol. The Morgan fingerprint density at radius 1 is 1.07 bits per heavy atom. The number of ether oxygens (including phenoxy) is 2. The summed E-state index contributed by atoms with van der Waals surface area (Å²) in [6.07, 6.45) is 4.33.